The van der Waals surface area contributed by atoms with Gasteiger partial charge in [0.05, 0.1) is 6.04 Å². The summed E-state index contributed by atoms with van der Waals surface area (Å²) in [7, 11) is 0. The molecule has 142 valence electrons. The number of fused-ring (bicyclic) bond motifs is 1. The van der Waals surface area contributed by atoms with Crippen molar-refractivity contribution in [3.8, 4) is 12.3 Å². The van der Waals surface area contributed by atoms with Crippen molar-refractivity contribution in [1.82, 2.24) is 9.80 Å². The van der Waals surface area contributed by atoms with Crippen LogP contribution in [0.15, 0.2) is 24.3 Å². The molecule has 0 aromatic heterocycles. The molecule has 2 heterocycles. The predicted octanol–water partition coefficient (Wildman–Crippen LogP) is 2.87. The minimum absolute atomic E-state index is 0.0372. The van der Waals surface area contributed by atoms with Crippen LogP contribution in [0.5, 0.6) is 0 Å². The second-order valence-electron chi connectivity index (χ2n) is 8.43. The summed E-state index contributed by atoms with van der Waals surface area (Å²) in [5.74, 6) is 2.84. The molecule has 0 N–H and O–H groups in total. The fourth-order valence-electron chi connectivity index (χ4n) is 4.90. The zero-order chi connectivity index (χ0) is 19.2. The molecule has 4 rings (SSSR count). The number of benzene rings is 1. The number of amides is 2. The van der Waals surface area contributed by atoms with Gasteiger partial charge in [0.25, 0.3) is 5.91 Å². The predicted molar refractivity (Wildman–Crippen MR) is 101 cm³/mol. The molecule has 1 aromatic rings. The van der Waals surface area contributed by atoms with Crippen LogP contribution in [-0.2, 0) is 4.79 Å². The Morgan fingerprint density at radius 2 is 2.00 bits per heavy atom. The molecule has 4 nitrogen and oxygen atoms in total. The highest BCUT2D eigenvalue weighted by Crippen LogP contribution is 2.43. The second-order valence-corrected chi connectivity index (χ2v) is 8.43. The van der Waals surface area contributed by atoms with Gasteiger partial charge >= 0.3 is 0 Å². The van der Waals surface area contributed by atoms with Crippen molar-refractivity contribution >= 4 is 11.8 Å². The minimum Gasteiger partial charge on any atom is -0.337 e. The lowest BCUT2D eigenvalue weighted by Crippen LogP contribution is -2.54. The number of rotatable bonds is 2. The van der Waals surface area contributed by atoms with Crippen molar-refractivity contribution < 1.29 is 14.0 Å². The van der Waals surface area contributed by atoms with Gasteiger partial charge in [0.2, 0.25) is 5.91 Å². The molecule has 0 bridgehead atoms. The van der Waals surface area contributed by atoms with E-state index in [-0.39, 0.29) is 23.8 Å². The zero-order valence-corrected chi connectivity index (χ0v) is 15.7. The smallest absolute Gasteiger partial charge is 0.253 e. The summed E-state index contributed by atoms with van der Waals surface area (Å²) >= 11 is 0. The molecule has 0 spiro atoms. The van der Waals surface area contributed by atoms with Crippen molar-refractivity contribution in [2.24, 2.45) is 11.8 Å². The summed E-state index contributed by atoms with van der Waals surface area (Å²) in [6.45, 7) is 3.54. The van der Waals surface area contributed by atoms with Gasteiger partial charge < -0.3 is 9.80 Å². The Morgan fingerprint density at radius 3 is 2.70 bits per heavy atom. The molecule has 1 aliphatic carbocycles. The normalized spacial score (nSPS) is 32.4. The molecular weight excluding hydrogens is 343 g/mol. The van der Waals surface area contributed by atoms with Crippen molar-refractivity contribution in [2.75, 3.05) is 19.6 Å². The number of terminal acetylenes is 1. The van der Waals surface area contributed by atoms with E-state index in [9.17, 15) is 14.0 Å². The van der Waals surface area contributed by atoms with E-state index in [2.05, 4.69) is 5.92 Å². The van der Waals surface area contributed by atoms with Crippen LogP contribution in [-0.4, -0.2) is 53.0 Å². The molecule has 0 radical (unpaired) electrons. The molecule has 2 unspecified atom stereocenters. The number of piperidine rings is 1. The van der Waals surface area contributed by atoms with Gasteiger partial charge in [-0.05, 0) is 56.7 Å². The molecule has 1 saturated carbocycles. The van der Waals surface area contributed by atoms with E-state index in [1.54, 1.807) is 31.2 Å². The minimum atomic E-state index is -1.20. The first-order chi connectivity index (χ1) is 12.9. The number of hydrogen-bond donors (Lipinski definition) is 0. The van der Waals surface area contributed by atoms with E-state index >= 15 is 0 Å². The zero-order valence-electron chi connectivity index (χ0n) is 15.7. The summed E-state index contributed by atoms with van der Waals surface area (Å²) in [5.41, 5.74) is 0.0791. The number of carbonyl (C=O) groups excluding carboxylic acids is 2. The van der Waals surface area contributed by atoms with Crippen LogP contribution in [0.2, 0.25) is 0 Å². The maximum atomic E-state index is 13.8. The lowest BCUT2D eigenvalue weighted by atomic mass is 9.72. The van der Waals surface area contributed by atoms with Crippen LogP contribution in [0.3, 0.4) is 0 Å². The first-order valence-corrected chi connectivity index (χ1v) is 9.73. The Bertz CT molecular complexity index is 805. The molecule has 2 aliphatic heterocycles. The lowest BCUT2D eigenvalue weighted by Gasteiger charge is -2.43. The second kappa shape index (κ2) is 6.67. The fourth-order valence-corrected chi connectivity index (χ4v) is 4.90. The monoisotopic (exact) mass is 368 g/mol. The van der Waals surface area contributed by atoms with E-state index in [0.717, 1.165) is 19.4 Å². The molecule has 2 saturated heterocycles. The van der Waals surface area contributed by atoms with E-state index in [1.165, 1.54) is 0 Å². The van der Waals surface area contributed by atoms with Gasteiger partial charge in [0.1, 0.15) is 5.67 Å². The number of halogens is 1. The Hall–Kier alpha value is -2.35. The first kappa shape index (κ1) is 18.0. The topological polar surface area (TPSA) is 40.6 Å². The van der Waals surface area contributed by atoms with Crippen LogP contribution in [0, 0.1) is 24.2 Å². The molecule has 3 aliphatic rings. The highest BCUT2D eigenvalue weighted by molar-refractivity contribution is 5.94. The van der Waals surface area contributed by atoms with Crippen LogP contribution in [0.25, 0.3) is 0 Å². The van der Waals surface area contributed by atoms with Gasteiger partial charge in [-0.15, -0.1) is 6.42 Å². The lowest BCUT2D eigenvalue weighted by molar-refractivity contribution is -0.146. The fraction of sp³-hybridized carbons (Fsp3) is 0.545. The maximum absolute atomic E-state index is 13.8. The standard InChI is InChI=1S/C22H25FN2O2/c1-3-15-5-4-6-17(11-15)20(26)24-9-7-16-8-10-25(19(16)14-24)21(27)18-12-22(2,23)13-18/h1,4-6,11,16,18-19H,7-10,12-14H2,2H3. The van der Waals surface area contributed by atoms with Gasteiger partial charge in [0, 0.05) is 36.7 Å². The summed E-state index contributed by atoms with van der Waals surface area (Å²) in [4.78, 5) is 29.5. The number of alkyl halides is 1. The highest BCUT2D eigenvalue weighted by Gasteiger charge is 2.49. The highest BCUT2D eigenvalue weighted by atomic mass is 19.1. The molecular formula is C22H25FN2O2. The van der Waals surface area contributed by atoms with Crippen LogP contribution in [0.4, 0.5) is 4.39 Å². The van der Waals surface area contributed by atoms with Gasteiger partial charge in [0.15, 0.2) is 0 Å². The van der Waals surface area contributed by atoms with Crippen molar-refractivity contribution in [2.45, 2.75) is 44.3 Å². The van der Waals surface area contributed by atoms with E-state index in [1.807, 2.05) is 9.80 Å². The van der Waals surface area contributed by atoms with Crippen molar-refractivity contribution in [1.29, 1.82) is 0 Å². The Labute approximate surface area is 159 Å². The van der Waals surface area contributed by atoms with Crippen LogP contribution >= 0.6 is 0 Å². The third kappa shape index (κ3) is 3.34. The van der Waals surface area contributed by atoms with Gasteiger partial charge in [-0.3, -0.25) is 9.59 Å². The molecule has 27 heavy (non-hydrogen) atoms. The van der Waals surface area contributed by atoms with Crippen LogP contribution in [0.1, 0.15) is 48.5 Å². The van der Waals surface area contributed by atoms with E-state index in [0.29, 0.717) is 43.0 Å². The van der Waals surface area contributed by atoms with Crippen molar-refractivity contribution in [3.05, 3.63) is 35.4 Å². The average Bonchev–Trinajstić information content (AvgIpc) is 3.08. The largest absolute Gasteiger partial charge is 0.337 e. The molecule has 2 atom stereocenters. The Kier molecular flexibility index (Phi) is 4.46. The third-order valence-corrected chi connectivity index (χ3v) is 6.40. The van der Waals surface area contributed by atoms with E-state index < -0.39 is 5.67 Å². The number of nitrogens with zero attached hydrogens (tertiary/aromatic N) is 2. The van der Waals surface area contributed by atoms with Crippen molar-refractivity contribution in [3.63, 3.8) is 0 Å². The Balaban J connectivity index is 1.46. The quantitative estimate of drug-likeness (QED) is 0.753. The third-order valence-electron chi connectivity index (χ3n) is 6.40. The molecule has 2 amide bonds. The summed E-state index contributed by atoms with van der Waals surface area (Å²) in [6, 6.07) is 7.17. The number of likely N-dealkylation sites (tertiary alicyclic amines) is 2. The van der Waals surface area contributed by atoms with Crippen LogP contribution < -0.4 is 0 Å². The molecule has 1 aromatic carbocycles. The molecule has 3 fully saturated rings. The summed E-state index contributed by atoms with van der Waals surface area (Å²) in [5, 5.41) is 0. The first-order valence-electron chi connectivity index (χ1n) is 9.73. The number of carbonyl (C=O) groups is 2. The van der Waals surface area contributed by atoms with Gasteiger partial charge in [-0.1, -0.05) is 12.0 Å². The Morgan fingerprint density at radius 1 is 1.26 bits per heavy atom. The number of hydrogen-bond acceptors (Lipinski definition) is 2. The van der Waals surface area contributed by atoms with E-state index in [4.69, 9.17) is 6.42 Å². The molecule has 5 heteroatoms. The summed E-state index contributed by atoms with van der Waals surface area (Å²) in [6.07, 6.45) is 7.96. The average molecular weight is 368 g/mol. The SMILES string of the molecule is C#Cc1cccc(C(=O)N2CCC3CCN(C(=O)C4CC(C)(F)C4)C3C2)c1. The summed E-state index contributed by atoms with van der Waals surface area (Å²) < 4.78 is 13.8. The maximum Gasteiger partial charge on any atom is 0.253 e. The van der Waals surface area contributed by atoms with Gasteiger partial charge in [-0.25, -0.2) is 4.39 Å². The van der Waals surface area contributed by atoms with Gasteiger partial charge in [-0.2, -0.15) is 0 Å².